The van der Waals surface area contributed by atoms with Gasteiger partial charge in [0.15, 0.2) is 5.11 Å². The van der Waals surface area contributed by atoms with Gasteiger partial charge < -0.3 is 25.2 Å². The molecule has 2 aliphatic rings. The van der Waals surface area contributed by atoms with Crippen LogP contribution in [-0.4, -0.2) is 55.0 Å². The van der Waals surface area contributed by atoms with Crippen molar-refractivity contribution in [2.24, 2.45) is 5.92 Å². The van der Waals surface area contributed by atoms with Crippen LogP contribution in [0, 0.1) is 5.92 Å². The first kappa shape index (κ1) is 22.7. The average molecular weight is 455 g/mol. The lowest BCUT2D eigenvalue weighted by molar-refractivity contribution is 0.196. The molecule has 1 aromatic heterocycles. The number of fused-ring (bicyclic) bond motifs is 1. The number of piperidine rings is 1. The first-order valence-electron chi connectivity index (χ1n) is 11.6. The summed E-state index contributed by atoms with van der Waals surface area (Å²) in [6, 6.07) is 10.8. The molecule has 1 fully saturated rings. The smallest absolute Gasteiger partial charge is 0.232 e. The molecule has 2 N–H and O–H groups in total. The molecule has 0 radical (unpaired) electrons. The largest absolute Gasteiger partial charge is 0.385 e. The molecule has 0 saturated carbocycles. The molecule has 3 heterocycles. The van der Waals surface area contributed by atoms with Gasteiger partial charge in [-0.15, -0.1) is 0 Å². The predicted molar refractivity (Wildman–Crippen MR) is 135 cm³/mol. The number of nitrogens with zero attached hydrogens (tertiary/aromatic N) is 4. The van der Waals surface area contributed by atoms with E-state index in [2.05, 4.69) is 57.7 Å². The summed E-state index contributed by atoms with van der Waals surface area (Å²) in [5.74, 6) is 3.15. The van der Waals surface area contributed by atoms with Gasteiger partial charge in [0.05, 0.1) is 0 Å². The van der Waals surface area contributed by atoms with E-state index < -0.39 is 0 Å². The molecule has 1 atom stereocenters. The molecule has 0 bridgehead atoms. The van der Waals surface area contributed by atoms with Gasteiger partial charge in [-0.2, -0.15) is 9.97 Å². The maximum absolute atomic E-state index is 5.49. The fourth-order valence-electron chi connectivity index (χ4n) is 4.45. The number of nitrogens with one attached hydrogen (secondary N) is 2. The number of rotatable bonds is 7. The van der Waals surface area contributed by atoms with Gasteiger partial charge >= 0.3 is 0 Å². The minimum Gasteiger partial charge on any atom is -0.385 e. The van der Waals surface area contributed by atoms with Gasteiger partial charge in [0.25, 0.3) is 0 Å². The number of anilines is 3. The van der Waals surface area contributed by atoms with Crippen LogP contribution < -0.4 is 20.4 Å². The molecular formula is C24H34N6OS. The molecule has 7 nitrogen and oxygen atoms in total. The van der Waals surface area contributed by atoms with Crippen LogP contribution in [0.3, 0.4) is 0 Å². The molecule has 1 aromatic carbocycles. The van der Waals surface area contributed by atoms with Crippen molar-refractivity contribution in [3.8, 4) is 0 Å². The van der Waals surface area contributed by atoms with Crippen LogP contribution in [0.15, 0.2) is 30.3 Å². The lowest BCUT2D eigenvalue weighted by Gasteiger charge is -2.34. The zero-order valence-electron chi connectivity index (χ0n) is 19.1. The Morgan fingerprint density at radius 2 is 1.94 bits per heavy atom. The molecule has 1 unspecified atom stereocenters. The number of aromatic nitrogens is 2. The molecule has 172 valence electrons. The van der Waals surface area contributed by atoms with E-state index in [1.807, 2.05) is 0 Å². The van der Waals surface area contributed by atoms with E-state index in [0.29, 0.717) is 23.6 Å². The Hall–Kier alpha value is -2.45. The van der Waals surface area contributed by atoms with Crippen molar-refractivity contribution in [2.75, 3.05) is 55.0 Å². The van der Waals surface area contributed by atoms with E-state index in [-0.39, 0.29) is 0 Å². The third-order valence-electron chi connectivity index (χ3n) is 6.17. The summed E-state index contributed by atoms with van der Waals surface area (Å²) in [7, 11) is 1.71. The topological polar surface area (TPSA) is 65.6 Å². The lowest BCUT2D eigenvalue weighted by atomic mass is 10.00. The van der Waals surface area contributed by atoms with Crippen LogP contribution in [0.2, 0.25) is 0 Å². The second-order valence-electron chi connectivity index (χ2n) is 8.77. The van der Waals surface area contributed by atoms with Crippen molar-refractivity contribution in [2.45, 2.75) is 39.2 Å². The van der Waals surface area contributed by atoms with E-state index in [1.54, 1.807) is 7.11 Å². The summed E-state index contributed by atoms with van der Waals surface area (Å²) in [5, 5.41) is 6.97. The molecule has 2 aliphatic heterocycles. The molecule has 0 spiro atoms. The zero-order valence-corrected chi connectivity index (χ0v) is 20.0. The second-order valence-corrected chi connectivity index (χ2v) is 9.18. The number of benzene rings is 1. The van der Waals surface area contributed by atoms with Crippen molar-refractivity contribution < 1.29 is 4.74 Å². The van der Waals surface area contributed by atoms with Crippen molar-refractivity contribution in [3.05, 3.63) is 41.5 Å². The van der Waals surface area contributed by atoms with Gasteiger partial charge in [-0.1, -0.05) is 31.2 Å². The third-order valence-corrected chi connectivity index (χ3v) is 6.42. The highest BCUT2D eigenvalue weighted by atomic mass is 32.1. The summed E-state index contributed by atoms with van der Waals surface area (Å²) < 4.78 is 5.10. The quantitative estimate of drug-likeness (QED) is 0.486. The summed E-state index contributed by atoms with van der Waals surface area (Å²) in [6.07, 6.45) is 4.39. The fraction of sp³-hybridized carbons (Fsp3) is 0.542. The average Bonchev–Trinajstić information content (AvgIpc) is 2.81. The number of hydrogen-bond donors (Lipinski definition) is 2. The maximum atomic E-state index is 5.49. The van der Waals surface area contributed by atoms with E-state index in [4.69, 9.17) is 26.9 Å². The summed E-state index contributed by atoms with van der Waals surface area (Å²) in [5.41, 5.74) is 2.80. The van der Waals surface area contributed by atoms with Crippen LogP contribution >= 0.6 is 12.2 Å². The molecule has 1 saturated heterocycles. The minimum absolute atomic E-state index is 0.542. The minimum atomic E-state index is 0.542. The highest BCUT2D eigenvalue weighted by Crippen LogP contribution is 2.29. The van der Waals surface area contributed by atoms with E-state index >= 15 is 0 Å². The molecule has 8 heteroatoms. The van der Waals surface area contributed by atoms with Crippen LogP contribution in [0.25, 0.3) is 0 Å². The SMILES string of the molecule is COCCCNC(=S)Nc1nc(N2CCc3ccccc3C2)cc(N2CCCC(C)C2)n1. The van der Waals surface area contributed by atoms with E-state index in [0.717, 1.165) is 57.2 Å². The van der Waals surface area contributed by atoms with E-state index in [1.165, 1.54) is 24.0 Å². The molecule has 4 rings (SSSR count). The molecule has 0 aliphatic carbocycles. The molecule has 32 heavy (non-hydrogen) atoms. The highest BCUT2D eigenvalue weighted by molar-refractivity contribution is 7.80. The van der Waals surface area contributed by atoms with Gasteiger partial charge in [-0.3, -0.25) is 0 Å². The van der Waals surface area contributed by atoms with Crippen LogP contribution in [-0.2, 0) is 17.7 Å². The van der Waals surface area contributed by atoms with Gasteiger partial charge in [-0.05, 0) is 54.9 Å². The Balaban J connectivity index is 1.54. The number of methoxy groups -OCH3 is 1. The monoisotopic (exact) mass is 454 g/mol. The third kappa shape index (κ3) is 5.86. The number of thiocarbonyl (C=S) groups is 1. The van der Waals surface area contributed by atoms with Crippen LogP contribution in [0.5, 0.6) is 0 Å². The molecule has 2 aromatic rings. The van der Waals surface area contributed by atoms with E-state index in [9.17, 15) is 0 Å². The van der Waals surface area contributed by atoms with Crippen molar-refractivity contribution >= 4 is 34.9 Å². The Morgan fingerprint density at radius 1 is 1.16 bits per heavy atom. The maximum Gasteiger partial charge on any atom is 0.232 e. The molecular weight excluding hydrogens is 420 g/mol. The van der Waals surface area contributed by atoms with Crippen molar-refractivity contribution in [1.29, 1.82) is 0 Å². The van der Waals surface area contributed by atoms with Crippen LogP contribution in [0.4, 0.5) is 17.6 Å². The first-order valence-corrected chi connectivity index (χ1v) is 12.0. The summed E-state index contributed by atoms with van der Waals surface area (Å²) in [4.78, 5) is 14.4. The Labute approximate surface area is 196 Å². The standard InChI is InChI=1S/C24H34N6OS/c1-18-7-5-12-29(16-18)21-15-22(30-13-10-19-8-3-4-9-20(19)17-30)27-23(26-21)28-24(32)25-11-6-14-31-2/h3-4,8-9,15,18H,5-7,10-14,16-17H2,1-2H3,(H2,25,26,27,28,32). The highest BCUT2D eigenvalue weighted by Gasteiger charge is 2.22. The normalized spacial score (nSPS) is 18.2. The number of ether oxygens (including phenoxy) is 1. The lowest BCUT2D eigenvalue weighted by Crippen LogP contribution is -2.36. The summed E-state index contributed by atoms with van der Waals surface area (Å²) in [6.45, 7) is 7.63. The Kier molecular flexibility index (Phi) is 7.76. The van der Waals surface area contributed by atoms with Crippen LogP contribution in [0.1, 0.15) is 37.3 Å². The Bertz CT molecular complexity index is 923. The van der Waals surface area contributed by atoms with Crippen molar-refractivity contribution in [3.63, 3.8) is 0 Å². The van der Waals surface area contributed by atoms with Gasteiger partial charge in [-0.25, -0.2) is 0 Å². The van der Waals surface area contributed by atoms with Gasteiger partial charge in [0, 0.05) is 52.5 Å². The van der Waals surface area contributed by atoms with Gasteiger partial charge in [0.2, 0.25) is 5.95 Å². The predicted octanol–water partition coefficient (Wildman–Crippen LogP) is 3.60. The Morgan fingerprint density at radius 3 is 2.72 bits per heavy atom. The van der Waals surface area contributed by atoms with Crippen molar-refractivity contribution in [1.82, 2.24) is 15.3 Å². The summed E-state index contributed by atoms with van der Waals surface area (Å²) >= 11 is 5.49. The first-order chi connectivity index (χ1) is 15.6. The fourth-order valence-corrected chi connectivity index (χ4v) is 4.65. The zero-order chi connectivity index (χ0) is 22.3. The van der Waals surface area contributed by atoms with Gasteiger partial charge in [0.1, 0.15) is 11.6 Å². The second kappa shape index (κ2) is 10.9. The molecule has 0 amide bonds. The number of hydrogen-bond acceptors (Lipinski definition) is 6.